The maximum atomic E-state index is 11.5. The summed E-state index contributed by atoms with van der Waals surface area (Å²) >= 11 is 0. The number of carbonyl (C=O) groups excluding carboxylic acids is 1. The highest BCUT2D eigenvalue weighted by atomic mass is 16.1. The Labute approximate surface area is 94.7 Å². The summed E-state index contributed by atoms with van der Waals surface area (Å²) in [4.78, 5) is 11.5. The third-order valence-corrected chi connectivity index (χ3v) is 2.87. The molecule has 1 heteroatoms. The summed E-state index contributed by atoms with van der Waals surface area (Å²) in [6.45, 7) is 0. The van der Waals surface area contributed by atoms with Gasteiger partial charge in [-0.05, 0) is 27.6 Å². The third kappa shape index (κ3) is 1.22. The molecule has 0 heterocycles. The fraction of sp³-hybridized carbons (Fsp3) is 0. The highest BCUT2D eigenvalue weighted by Crippen LogP contribution is 2.26. The average molecular weight is 207 g/mol. The Morgan fingerprint density at radius 3 is 1.88 bits per heavy atom. The van der Waals surface area contributed by atoms with Gasteiger partial charge in [-0.1, -0.05) is 48.5 Å². The van der Waals surface area contributed by atoms with Crippen molar-refractivity contribution in [3.05, 3.63) is 60.2 Å². The van der Waals surface area contributed by atoms with E-state index in [9.17, 15) is 4.79 Å². The fourth-order valence-corrected chi connectivity index (χ4v) is 2.12. The molecule has 1 nitrogen and oxygen atoms in total. The van der Waals surface area contributed by atoms with Crippen molar-refractivity contribution in [2.75, 3.05) is 0 Å². The summed E-state index contributed by atoms with van der Waals surface area (Å²) in [6.07, 6.45) is -0.627. The van der Waals surface area contributed by atoms with Crippen LogP contribution in [0.4, 0.5) is 0 Å². The van der Waals surface area contributed by atoms with Crippen LogP contribution in [0.3, 0.4) is 0 Å². The van der Waals surface area contributed by atoms with Gasteiger partial charge in [0.05, 0.1) is 0 Å². The van der Waals surface area contributed by atoms with Crippen LogP contribution in [0, 0.1) is 0 Å². The standard InChI is InChI=1S/C15H10O/c16-10-15-13-7-3-1-5-11(13)9-12-6-2-4-8-14(12)15/h1-10H/i10D. The Bertz CT molecular complexity index is 677. The Morgan fingerprint density at radius 1 is 0.875 bits per heavy atom. The first-order chi connectivity index (χ1) is 8.27. The summed E-state index contributed by atoms with van der Waals surface area (Å²) in [7, 11) is 0. The molecule has 0 saturated heterocycles. The van der Waals surface area contributed by atoms with Crippen molar-refractivity contribution in [1.82, 2.24) is 0 Å². The Kier molecular flexibility index (Phi) is 1.74. The topological polar surface area (TPSA) is 17.1 Å². The summed E-state index contributed by atoms with van der Waals surface area (Å²) in [6, 6.07) is 17.4. The minimum absolute atomic E-state index is 0.499. The van der Waals surface area contributed by atoms with Gasteiger partial charge in [0.15, 0.2) is 6.26 Å². The van der Waals surface area contributed by atoms with E-state index < -0.39 is 6.26 Å². The van der Waals surface area contributed by atoms with E-state index in [0.717, 1.165) is 21.5 Å². The SMILES string of the molecule is [2H]C(=O)c1c2ccccc2cc2ccccc12. The molecule has 0 atom stereocenters. The van der Waals surface area contributed by atoms with Gasteiger partial charge in [0.2, 0.25) is 0 Å². The molecule has 3 aromatic carbocycles. The molecule has 76 valence electrons. The lowest BCUT2D eigenvalue weighted by Gasteiger charge is -2.05. The molecular weight excluding hydrogens is 196 g/mol. The number of hydrogen-bond acceptors (Lipinski definition) is 1. The average Bonchev–Trinajstić information content (AvgIpc) is 2.35. The van der Waals surface area contributed by atoms with Crippen LogP contribution >= 0.6 is 0 Å². The van der Waals surface area contributed by atoms with E-state index in [0.29, 0.717) is 5.56 Å². The van der Waals surface area contributed by atoms with Crippen molar-refractivity contribution in [1.29, 1.82) is 0 Å². The molecule has 3 rings (SSSR count). The normalized spacial score (nSPS) is 11.6. The van der Waals surface area contributed by atoms with E-state index in [-0.39, 0.29) is 0 Å². The lowest BCUT2D eigenvalue weighted by Crippen LogP contribution is -1.86. The second kappa shape index (κ2) is 3.46. The Morgan fingerprint density at radius 2 is 1.38 bits per heavy atom. The zero-order valence-electron chi connectivity index (χ0n) is 9.60. The Balaban J connectivity index is 2.61. The minimum Gasteiger partial charge on any atom is -0.298 e. The molecule has 0 aromatic heterocycles. The van der Waals surface area contributed by atoms with Crippen molar-refractivity contribution in [3.8, 4) is 0 Å². The van der Waals surface area contributed by atoms with E-state index in [1.54, 1.807) is 0 Å². The van der Waals surface area contributed by atoms with E-state index >= 15 is 0 Å². The second-order valence-corrected chi connectivity index (χ2v) is 3.80. The lowest BCUT2D eigenvalue weighted by atomic mass is 9.98. The summed E-state index contributed by atoms with van der Waals surface area (Å²) in [5, 5.41) is 3.71. The number of rotatable bonds is 1. The van der Waals surface area contributed by atoms with E-state index in [1.165, 1.54) is 0 Å². The van der Waals surface area contributed by atoms with E-state index in [1.807, 2.05) is 48.5 Å². The second-order valence-electron chi connectivity index (χ2n) is 3.80. The molecule has 0 aliphatic carbocycles. The third-order valence-electron chi connectivity index (χ3n) is 2.87. The first kappa shape index (κ1) is 8.05. The van der Waals surface area contributed by atoms with Gasteiger partial charge in [-0.15, -0.1) is 0 Å². The van der Waals surface area contributed by atoms with Crippen molar-refractivity contribution in [3.63, 3.8) is 0 Å². The lowest BCUT2D eigenvalue weighted by molar-refractivity contribution is 0.112. The van der Waals surface area contributed by atoms with Crippen LogP contribution in [0.25, 0.3) is 21.5 Å². The molecule has 0 fully saturated rings. The predicted octanol–water partition coefficient (Wildman–Crippen LogP) is 3.81. The van der Waals surface area contributed by atoms with Crippen LogP contribution in [0.1, 0.15) is 11.7 Å². The van der Waals surface area contributed by atoms with Crippen molar-refractivity contribution in [2.24, 2.45) is 0 Å². The van der Waals surface area contributed by atoms with Gasteiger partial charge >= 0.3 is 0 Å². The Hall–Kier alpha value is -2.15. The first-order valence-electron chi connectivity index (χ1n) is 5.69. The van der Waals surface area contributed by atoms with Gasteiger partial charge in [0, 0.05) is 5.56 Å². The smallest absolute Gasteiger partial charge is 0.151 e. The highest BCUT2D eigenvalue weighted by molar-refractivity contribution is 6.12. The predicted molar refractivity (Wildman–Crippen MR) is 66.8 cm³/mol. The number of benzene rings is 3. The molecule has 3 aromatic rings. The van der Waals surface area contributed by atoms with Gasteiger partial charge < -0.3 is 0 Å². The van der Waals surface area contributed by atoms with Gasteiger partial charge in [0.1, 0.15) is 1.37 Å². The van der Waals surface area contributed by atoms with Gasteiger partial charge in [0.25, 0.3) is 0 Å². The molecule has 0 bridgehead atoms. The van der Waals surface area contributed by atoms with Crippen molar-refractivity contribution in [2.45, 2.75) is 0 Å². The van der Waals surface area contributed by atoms with Crippen LogP contribution < -0.4 is 0 Å². The summed E-state index contributed by atoms with van der Waals surface area (Å²) in [5.74, 6) is 0. The first-order valence-corrected chi connectivity index (χ1v) is 5.19. The maximum absolute atomic E-state index is 11.5. The van der Waals surface area contributed by atoms with Crippen molar-refractivity contribution >= 4 is 27.8 Å². The van der Waals surface area contributed by atoms with Crippen LogP contribution in [-0.4, -0.2) is 6.26 Å². The molecule has 0 unspecified atom stereocenters. The maximum Gasteiger partial charge on any atom is 0.151 e. The number of aldehydes is 1. The van der Waals surface area contributed by atoms with Gasteiger partial charge in [-0.25, -0.2) is 0 Å². The van der Waals surface area contributed by atoms with Crippen molar-refractivity contribution < 1.29 is 6.17 Å². The quantitative estimate of drug-likeness (QED) is 0.438. The number of fused-ring (bicyclic) bond motifs is 2. The van der Waals surface area contributed by atoms with Crippen LogP contribution in [0.5, 0.6) is 0 Å². The highest BCUT2D eigenvalue weighted by Gasteiger charge is 2.05. The molecule has 0 saturated carbocycles. The zero-order valence-corrected chi connectivity index (χ0v) is 8.60. The minimum atomic E-state index is -0.627. The molecule has 0 N–H and O–H groups in total. The number of carbonyl (C=O) groups is 1. The van der Waals surface area contributed by atoms with Gasteiger partial charge in [-0.3, -0.25) is 4.79 Å². The summed E-state index contributed by atoms with van der Waals surface area (Å²) in [5.41, 5.74) is 0.499. The molecule has 16 heavy (non-hydrogen) atoms. The fourth-order valence-electron chi connectivity index (χ4n) is 2.12. The molecule has 0 spiro atoms. The largest absolute Gasteiger partial charge is 0.298 e. The number of hydrogen-bond donors (Lipinski definition) is 0. The molecule has 0 radical (unpaired) electrons. The zero-order chi connectivity index (χ0) is 11.8. The van der Waals surface area contributed by atoms with Crippen LogP contribution in [0.2, 0.25) is 0 Å². The monoisotopic (exact) mass is 207 g/mol. The molecule has 0 aliphatic heterocycles. The molecule has 0 aliphatic rings. The molecular formula is C15H10O. The van der Waals surface area contributed by atoms with E-state index in [4.69, 9.17) is 1.37 Å². The van der Waals surface area contributed by atoms with Gasteiger partial charge in [-0.2, -0.15) is 0 Å². The van der Waals surface area contributed by atoms with Crippen LogP contribution in [0.15, 0.2) is 54.6 Å². The molecule has 0 amide bonds. The summed E-state index contributed by atoms with van der Waals surface area (Å²) < 4.78 is 7.44. The van der Waals surface area contributed by atoms with Crippen LogP contribution in [-0.2, 0) is 0 Å². The van der Waals surface area contributed by atoms with E-state index in [2.05, 4.69) is 6.07 Å².